The highest BCUT2D eigenvalue weighted by molar-refractivity contribution is 7.89. The number of aromatic carboxylic acids is 1. The number of carbonyl (C=O) groups is 1. The monoisotopic (exact) mass is 374 g/mol. The topological polar surface area (TPSA) is 114 Å². The Labute approximate surface area is 150 Å². The lowest BCUT2D eigenvalue weighted by atomic mass is 10.1. The Kier molecular flexibility index (Phi) is 4.75. The second-order valence-electron chi connectivity index (χ2n) is 6.16. The van der Waals surface area contributed by atoms with E-state index in [1.165, 1.54) is 18.2 Å². The predicted octanol–water partition coefficient (Wildman–Crippen LogP) is 2.10. The molecular formula is C17H18N4O4S. The van der Waals surface area contributed by atoms with Gasteiger partial charge in [-0.15, -0.1) is 10.2 Å². The number of aromatic nitrogens is 3. The molecule has 0 aliphatic heterocycles. The Morgan fingerprint density at radius 2 is 1.92 bits per heavy atom. The molecule has 26 heavy (non-hydrogen) atoms. The maximum atomic E-state index is 12.8. The fraction of sp³-hybridized carbons (Fsp3) is 0.235. The van der Waals surface area contributed by atoms with Crippen LogP contribution in [0.5, 0.6) is 0 Å². The number of nitrogens with one attached hydrogen (secondary N) is 1. The van der Waals surface area contributed by atoms with Gasteiger partial charge in [-0.25, -0.2) is 17.9 Å². The fourth-order valence-electron chi connectivity index (χ4n) is 2.59. The summed E-state index contributed by atoms with van der Waals surface area (Å²) in [5, 5.41) is 17.3. The maximum Gasteiger partial charge on any atom is 0.335 e. The Bertz CT molecular complexity index is 1060. The average molecular weight is 374 g/mol. The first-order chi connectivity index (χ1) is 12.3. The summed E-state index contributed by atoms with van der Waals surface area (Å²) in [6.45, 7) is 3.73. The van der Waals surface area contributed by atoms with E-state index in [9.17, 15) is 13.2 Å². The lowest BCUT2D eigenvalue weighted by Crippen LogP contribution is -2.33. The van der Waals surface area contributed by atoms with Gasteiger partial charge in [0.05, 0.1) is 16.5 Å². The SMILES string of the molecule is CC(C)[C@H](NS(=O)(=O)c1cccc(C(=O)O)c1)c1nnc2ccccn12. The zero-order chi connectivity index (χ0) is 18.9. The van der Waals surface area contributed by atoms with Gasteiger partial charge in [0.15, 0.2) is 11.5 Å². The molecular weight excluding hydrogens is 356 g/mol. The number of sulfonamides is 1. The summed E-state index contributed by atoms with van der Waals surface area (Å²) in [5.41, 5.74) is 0.516. The molecule has 0 amide bonds. The summed E-state index contributed by atoms with van der Waals surface area (Å²) < 4.78 is 29.9. The maximum absolute atomic E-state index is 12.8. The summed E-state index contributed by atoms with van der Waals surface area (Å²) in [4.78, 5) is 11.0. The van der Waals surface area contributed by atoms with Crippen LogP contribution in [0.25, 0.3) is 5.65 Å². The molecule has 2 heterocycles. The number of pyridine rings is 1. The van der Waals surface area contributed by atoms with Gasteiger partial charge >= 0.3 is 5.97 Å². The van der Waals surface area contributed by atoms with Crippen LogP contribution in [0.4, 0.5) is 0 Å². The van der Waals surface area contributed by atoms with E-state index < -0.39 is 22.0 Å². The molecule has 0 spiro atoms. The third-order valence-electron chi connectivity index (χ3n) is 3.96. The highest BCUT2D eigenvalue weighted by Crippen LogP contribution is 2.24. The van der Waals surface area contributed by atoms with Crippen molar-refractivity contribution in [2.24, 2.45) is 5.92 Å². The van der Waals surface area contributed by atoms with Crippen LogP contribution >= 0.6 is 0 Å². The quantitative estimate of drug-likeness (QED) is 0.683. The third kappa shape index (κ3) is 3.44. The van der Waals surface area contributed by atoms with Crippen LogP contribution in [0.15, 0.2) is 53.6 Å². The van der Waals surface area contributed by atoms with E-state index in [1.54, 1.807) is 16.7 Å². The van der Waals surface area contributed by atoms with E-state index in [1.807, 2.05) is 26.0 Å². The number of benzene rings is 1. The lowest BCUT2D eigenvalue weighted by molar-refractivity contribution is 0.0696. The second kappa shape index (κ2) is 6.85. The number of nitrogens with zero attached hydrogens (tertiary/aromatic N) is 3. The van der Waals surface area contributed by atoms with E-state index in [0.717, 1.165) is 6.07 Å². The minimum absolute atomic E-state index is 0.0955. The molecule has 0 unspecified atom stereocenters. The summed E-state index contributed by atoms with van der Waals surface area (Å²) in [6.07, 6.45) is 1.76. The molecule has 0 fully saturated rings. The zero-order valence-corrected chi connectivity index (χ0v) is 15.0. The van der Waals surface area contributed by atoms with Gasteiger partial charge in [0.2, 0.25) is 10.0 Å². The van der Waals surface area contributed by atoms with Crippen LogP contribution in [0.1, 0.15) is 36.1 Å². The molecule has 1 aromatic carbocycles. The standard InChI is InChI=1S/C17H18N4O4S/c1-11(2)15(16-19-18-14-8-3-4-9-21(14)16)20-26(24,25)13-7-5-6-12(10-13)17(22)23/h3-11,15,20H,1-2H3,(H,22,23)/t15-/m0/s1. The van der Waals surface area contributed by atoms with Crippen molar-refractivity contribution in [3.8, 4) is 0 Å². The first-order valence-electron chi connectivity index (χ1n) is 7.95. The minimum Gasteiger partial charge on any atom is -0.478 e. The number of hydrogen-bond acceptors (Lipinski definition) is 5. The molecule has 0 saturated heterocycles. The van der Waals surface area contributed by atoms with Crippen LogP contribution in [0, 0.1) is 5.92 Å². The highest BCUT2D eigenvalue weighted by Gasteiger charge is 2.28. The van der Waals surface area contributed by atoms with Gasteiger partial charge in [-0.05, 0) is 36.2 Å². The van der Waals surface area contributed by atoms with Gasteiger partial charge in [-0.3, -0.25) is 4.40 Å². The summed E-state index contributed by atoms with van der Waals surface area (Å²) >= 11 is 0. The molecule has 0 radical (unpaired) electrons. The van der Waals surface area contributed by atoms with Gasteiger partial charge in [-0.1, -0.05) is 26.0 Å². The molecule has 2 aromatic heterocycles. The Morgan fingerprint density at radius 1 is 1.15 bits per heavy atom. The van der Waals surface area contributed by atoms with Crippen molar-refractivity contribution < 1.29 is 18.3 Å². The largest absolute Gasteiger partial charge is 0.478 e. The molecule has 0 aliphatic carbocycles. The van der Waals surface area contributed by atoms with E-state index in [4.69, 9.17) is 5.11 Å². The number of fused-ring (bicyclic) bond motifs is 1. The molecule has 0 saturated carbocycles. The fourth-order valence-corrected chi connectivity index (χ4v) is 3.98. The third-order valence-corrected chi connectivity index (χ3v) is 5.40. The van der Waals surface area contributed by atoms with E-state index in [2.05, 4.69) is 14.9 Å². The Balaban J connectivity index is 2.00. The van der Waals surface area contributed by atoms with Crippen molar-refractivity contribution in [2.75, 3.05) is 0 Å². The zero-order valence-electron chi connectivity index (χ0n) is 14.2. The molecule has 8 nitrogen and oxygen atoms in total. The van der Waals surface area contributed by atoms with Crippen LogP contribution in [-0.4, -0.2) is 34.1 Å². The van der Waals surface area contributed by atoms with Crippen molar-refractivity contribution in [1.82, 2.24) is 19.3 Å². The van der Waals surface area contributed by atoms with Crippen molar-refractivity contribution in [1.29, 1.82) is 0 Å². The molecule has 9 heteroatoms. The predicted molar refractivity (Wildman–Crippen MR) is 94.3 cm³/mol. The van der Waals surface area contributed by atoms with Crippen molar-refractivity contribution in [3.63, 3.8) is 0 Å². The molecule has 136 valence electrons. The molecule has 0 aliphatic rings. The van der Waals surface area contributed by atoms with E-state index >= 15 is 0 Å². The first-order valence-corrected chi connectivity index (χ1v) is 9.43. The Hall–Kier alpha value is -2.78. The van der Waals surface area contributed by atoms with Gasteiger partial charge in [0.1, 0.15) is 0 Å². The molecule has 3 aromatic rings. The van der Waals surface area contributed by atoms with Crippen molar-refractivity contribution in [3.05, 3.63) is 60.0 Å². The van der Waals surface area contributed by atoms with Crippen LogP contribution < -0.4 is 4.72 Å². The number of carboxylic acids is 1. The summed E-state index contributed by atoms with van der Waals surface area (Å²) in [6, 6.07) is 9.99. The highest BCUT2D eigenvalue weighted by atomic mass is 32.2. The molecule has 0 bridgehead atoms. The van der Waals surface area contributed by atoms with Crippen molar-refractivity contribution >= 4 is 21.6 Å². The normalized spacial score (nSPS) is 13.2. The van der Waals surface area contributed by atoms with Gasteiger partial charge in [0, 0.05) is 6.20 Å². The molecule has 2 N–H and O–H groups in total. The van der Waals surface area contributed by atoms with Gasteiger partial charge < -0.3 is 5.11 Å². The van der Waals surface area contributed by atoms with E-state index in [-0.39, 0.29) is 16.4 Å². The smallest absolute Gasteiger partial charge is 0.335 e. The minimum atomic E-state index is -3.95. The average Bonchev–Trinajstić information content (AvgIpc) is 3.03. The number of hydrogen-bond donors (Lipinski definition) is 2. The first kappa shape index (κ1) is 18.0. The van der Waals surface area contributed by atoms with Crippen molar-refractivity contribution in [2.45, 2.75) is 24.8 Å². The van der Waals surface area contributed by atoms with Crippen LogP contribution in [0.2, 0.25) is 0 Å². The Morgan fingerprint density at radius 3 is 2.62 bits per heavy atom. The lowest BCUT2D eigenvalue weighted by Gasteiger charge is -2.21. The summed E-state index contributed by atoms with van der Waals surface area (Å²) in [7, 11) is -3.95. The molecule has 3 rings (SSSR count). The van der Waals surface area contributed by atoms with Gasteiger partial charge in [-0.2, -0.15) is 0 Å². The van der Waals surface area contributed by atoms with E-state index in [0.29, 0.717) is 11.5 Å². The number of rotatable bonds is 6. The summed E-state index contributed by atoms with van der Waals surface area (Å²) in [5.74, 6) is -0.834. The molecule has 1 atom stereocenters. The van der Waals surface area contributed by atoms with Gasteiger partial charge in [0.25, 0.3) is 0 Å². The van der Waals surface area contributed by atoms with Crippen LogP contribution in [-0.2, 0) is 10.0 Å². The van der Waals surface area contributed by atoms with Crippen LogP contribution in [0.3, 0.4) is 0 Å². The second-order valence-corrected chi connectivity index (χ2v) is 7.88. The number of carboxylic acid groups (broad SMARTS) is 1.